The van der Waals surface area contributed by atoms with E-state index in [-0.39, 0.29) is 6.04 Å². The van der Waals surface area contributed by atoms with Crippen LogP contribution in [0, 0.1) is 0 Å². The van der Waals surface area contributed by atoms with E-state index in [2.05, 4.69) is 45.3 Å². The minimum absolute atomic E-state index is 0.184. The lowest BCUT2D eigenvalue weighted by molar-refractivity contribution is 0.411. The molecule has 0 spiro atoms. The summed E-state index contributed by atoms with van der Waals surface area (Å²) in [6, 6.07) is 10.2. The first-order valence-electron chi connectivity index (χ1n) is 6.92. The van der Waals surface area contributed by atoms with Gasteiger partial charge in [0.15, 0.2) is 0 Å². The number of nitrogens with two attached hydrogens (primary N) is 1. The second-order valence-electron chi connectivity index (χ2n) is 4.76. The normalized spacial score (nSPS) is 12.1. The molecule has 1 unspecified atom stereocenters. The molecule has 0 radical (unpaired) electrons. The Kier molecular flexibility index (Phi) is 5.59. The van der Waals surface area contributed by atoms with Crippen LogP contribution in [-0.4, -0.2) is 18.6 Å². The zero-order chi connectivity index (χ0) is 15.2. The predicted molar refractivity (Wildman–Crippen MR) is 89.5 cm³/mol. The number of anilines is 1. The smallest absolute Gasteiger partial charge is 0.133 e. The number of likely N-dealkylation sites (N-methyl/N-ethyl adjacent to an activating group) is 1. The van der Waals surface area contributed by atoms with Crippen LogP contribution in [0.4, 0.5) is 5.82 Å². The van der Waals surface area contributed by atoms with Crippen LogP contribution in [0.3, 0.4) is 0 Å². The molecule has 0 amide bonds. The van der Waals surface area contributed by atoms with Crippen molar-refractivity contribution in [2.75, 3.05) is 19.4 Å². The Morgan fingerprint density at radius 1 is 1.38 bits per heavy atom. The molecule has 2 rings (SSSR count). The third kappa shape index (κ3) is 3.95. The monoisotopic (exact) mass is 349 g/mol. The van der Waals surface area contributed by atoms with Crippen LogP contribution < -0.4 is 15.8 Å². The molecule has 1 aromatic carbocycles. The van der Waals surface area contributed by atoms with Crippen LogP contribution in [0.15, 0.2) is 41.0 Å². The quantitative estimate of drug-likeness (QED) is 0.839. The van der Waals surface area contributed by atoms with Crippen molar-refractivity contribution in [2.24, 2.45) is 0 Å². The van der Waals surface area contributed by atoms with Gasteiger partial charge in [-0.15, -0.1) is 0 Å². The van der Waals surface area contributed by atoms with Gasteiger partial charge >= 0.3 is 0 Å². The van der Waals surface area contributed by atoms with Gasteiger partial charge in [-0.2, -0.15) is 0 Å². The number of rotatable bonds is 6. The fourth-order valence-corrected chi connectivity index (χ4v) is 2.86. The van der Waals surface area contributed by atoms with Gasteiger partial charge in [0.1, 0.15) is 11.6 Å². The second kappa shape index (κ2) is 7.43. The largest absolute Gasteiger partial charge is 0.496 e. The maximum absolute atomic E-state index is 5.95. The number of hydrogen-bond donors (Lipinski definition) is 2. The molecule has 2 aromatic rings. The highest BCUT2D eigenvalue weighted by Crippen LogP contribution is 2.29. The molecule has 0 aliphatic heterocycles. The molecule has 0 bridgehead atoms. The number of halogens is 1. The molecular formula is C16H20BrN3O. The van der Waals surface area contributed by atoms with E-state index in [0.29, 0.717) is 5.82 Å². The number of aromatic nitrogens is 1. The van der Waals surface area contributed by atoms with Gasteiger partial charge in [0.05, 0.1) is 11.6 Å². The Morgan fingerprint density at radius 3 is 2.81 bits per heavy atom. The Bertz CT molecular complexity index is 604. The van der Waals surface area contributed by atoms with Gasteiger partial charge in [-0.25, -0.2) is 4.98 Å². The van der Waals surface area contributed by atoms with Crippen molar-refractivity contribution in [3.63, 3.8) is 0 Å². The van der Waals surface area contributed by atoms with Crippen LogP contribution in [0.25, 0.3) is 0 Å². The van der Waals surface area contributed by atoms with E-state index >= 15 is 0 Å². The lowest BCUT2D eigenvalue weighted by Crippen LogP contribution is -2.23. The summed E-state index contributed by atoms with van der Waals surface area (Å²) in [4.78, 5) is 4.15. The number of benzene rings is 1. The second-order valence-corrected chi connectivity index (χ2v) is 5.61. The summed E-state index contributed by atoms with van der Waals surface area (Å²) >= 11 is 3.54. The Labute approximate surface area is 133 Å². The lowest BCUT2D eigenvalue weighted by Gasteiger charge is -2.20. The number of nitrogens with one attached hydrogen (secondary N) is 1. The van der Waals surface area contributed by atoms with Crippen LogP contribution in [0.2, 0.25) is 0 Å². The van der Waals surface area contributed by atoms with Gasteiger partial charge in [-0.05, 0) is 58.2 Å². The number of pyridine rings is 1. The zero-order valence-electron chi connectivity index (χ0n) is 12.3. The highest BCUT2D eigenvalue weighted by atomic mass is 79.9. The third-order valence-corrected chi connectivity index (χ3v) is 4.00. The van der Waals surface area contributed by atoms with Crippen molar-refractivity contribution in [3.05, 3.63) is 52.1 Å². The van der Waals surface area contributed by atoms with Crippen LogP contribution >= 0.6 is 15.9 Å². The van der Waals surface area contributed by atoms with E-state index in [1.165, 1.54) is 5.56 Å². The maximum Gasteiger partial charge on any atom is 0.133 e. The number of nitrogens with zero attached hydrogens (tertiary/aromatic N) is 1. The minimum Gasteiger partial charge on any atom is -0.496 e. The molecular weight excluding hydrogens is 330 g/mol. The summed E-state index contributed by atoms with van der Waals surface area (Å²) in [6.45, 7) is 2.98. The van der Waals surface area contributed by atoms with Gasteiger partial charge in [-0.3, -0.25) is 0 Å². The van der Waals surface area contributed by atoms with E-state index in [9.17, 15) is 0 Å². The summed E-state index contributed by atoms with van der Waals surface area (Å²) in [7, 11) is 1.66. The summed E-state index contributed by atoms with van der Waals surface area (Å²) in [5.41, 5.74) is 8.19. The molecule has 0 fully saturated rings. The van der Waals surface area contributed by atoms with Gasteiger partial charge in [0.25, 0.3) is 0 Å². The summed E-state index contributed by atoms with van der Waals surface area (Å²) in [6.07, 6.45) is 2.51. The Hall–Kier alpha value is -1.59. The van der Waals surface area contributed by atoms with Crippen LogP contribution in [-0.2, 0) is 6.42 Å². The SMILES string of the molecule is CCNC(Cc1cccnc1N)c1ccc(OC)c(Br)c1. The van der Waals surface area contributed by atoms with E-state index in [4.69, 9.17) is 10.5 Å². The number of methoxy groups -OCH3 is 1. The highest BCUT2D eigenvalue weighted by molar-refractivity contribution is 9.10. The molecule has 112 valence electrons. The van der Waals surface area contributed by atoms with Crippen molar-refractivity contribution in [1.29, 1.82) is 0 Å². The van der Waals surface area contributed by atoms with Crippen molar-refractivity contribution in [3.8, 4) is 5.75 Å². The molecule has 5 heteroatoms. The topological polar surface area (TPSA) is 60.2 Å². The highest BCUT2D eigenvalue weighted by Gasteiger charge is 2.14. The van der Waals surface area contributed by atoms with Crippen LogP contribution in [0.5, 0.6) is 5.75 Å². The first kappa shape index (κ1) is 15.8. The first-order valence-corrected chi connectivity index (χ1v) is 7.71. The predicted octanol–water partition coefficient (Wildman–Crippen LogP) is 3.33. The molecule has 0 saturated carbocycles. The minimum atomic E-state index is 0.184. The van der Waals surface area contributed by atoms with Gasteiger partial charge in [0.2, 0.25) is 0 Å². The van der Waals surface area contributed by atoms with Crippen LogP contribution in [0.1, 0.15) is 24.1 Å². The standard InChI is InChI=1S/C16H20BrN3O/c1-3-19-14(10-12-5-4-8-20-16(12)18)11-6-7-15(21-2)13(17)9-11/h4-9,14,19H,3,10H2,1-2H3,(H2,18,20). The Balaban J connectivity index is 2.26. The van der Waals surface area contributed by atoms with Crippen molar-refractivity contribution in [2.45, 2.75) is 19.4 Å². The maximum atomic E-state index is 5.95. The van der Waals surface area contributed by atoms with Gasteiger partial charge in [-0.1, -0.05) is 19.1 Å². The summed E-state index contributed by atoms with van der Waals surface area (Å²) < 4.78 is 6.23. The summed E-state index contributed by atoms with van der Waals surface area (Å²) in [5.74, 6) is 1.42. The van der Waals surface area contributed by atoms with E-state index in [0.717, 1.165) is 28.8 Å². The average molecular weight is 350 g/mol. The average Bonchev–Trinajstić information content (AvgIpc) is 2.49. The third-order valence-electron chi connectivity index (χ3n) is 3.38. The molecule has 0 aliphatic rings. The number of hydrogen-bond acceptors (Lipinski definition) is 4. The number of ether oxygens (including phenoxy) is 1. The van der Waals surface area contributed by atoms with Gasteiger partial charge in [0, 0.05) is 12.2 Å². The lowest BCUT2D eigenvalue weighted by atomic mass is 9.99. The number of nitrogen functional groups attached to an aromatic ring is 1. The van der Waals surface area contributed by atoms with Crippen molar-refractivity contribution >= 4 is 21.7 Å². The molecule has 4 nitrogen and oxygen atoms in total. The Morgan fingerprint density at radius 2 is 2.19 bits per heavy atom. The molecule has 0 saturated heterocycles. The molecule has 1 aromatic heterocycles. The molecule has 3 N–H and O–H groups in total. The van der Waals surface area contributed by atoms with Crippen molar-refractivity contribution < 1.29 is 4.74 Å². The molecule has 1 atom stereocenters. The first-order chi connectivity index (χ1) is 10.2. The molecule has 0 aliphatic carbocycles. The van der Waals surface area contributed by atoms with E-state index in [1.807, 2.05) is 18.2 Å². The summed E-state index contributed by atoms with van der Waals surface area (Å²) in [5, 5.41) is 3.49. The molecule has 21 heavy (non-hydrogen) atoms. The van der Waals surface area contributed by atoms with Gasteiger partial charge < -0.3 is 15.8 Å². The fraction of sp³-hybridized carbons (Fsp3) is 0.312. The van der Waals surface area contributed by atoms with E-state index < -0.39 is 0 Å². The molecule has 1 heterocycles. The van der Waals surface area contributed by atoms with Crippen molar-refractivity contribution in [1.82, 2.24) is 10.3 Å². The fourth-order valence-electron chi connectivity index (χ4n) is 2.30. The zero-order valence-corrected chi connectivity index (χ0v) is 13.9. The van der Waals surface area contributed by atoms with E-state index in [1.54, 1.807) is 13.3 Å².